The number of carbonyl (C=O) groups is 1. The van der Waals surface area contributed by atoms with Crippen molar-refractivity contribution in [2.75, 3.05) is 20.2 Å². The van der Waals surface area contributed by atoms with Crippen LogP contribution in [0.3, 0.4) is 0 Å². The Bertz CT molecular complexity index is 570. The van der Waals surface area contributed by atoms with Crippen LogP contribution in [-0.2, 0) is 4.79 Å². The maximum atomic E-state index is 12.5. The molecule has 1 aliphatic carbocycles. The van der Waals surface area contributed by atoms with E-state index in [1.165, 1.54) is 0 Å². The zero-order chi connectivity index (χ0) is 15.7. The molecule has 0 radical (unpaired) electrons. The van der Waals surface area contributed by atoms with E-state index >= 15 is 0 Å². The molecular formula is C17H23BrN2O2. The highest BCUT2D eigenvalue weighted by molar-refractivity contribution is 9.10. The van der Waals surface area contributed by atoms with E-state index < -0.39 is 0 Å². The minimum Gasteiger partial charge on any atom is -0.496 e. The number of amides is 1. The fraction of sp³-hybridized carbons (Fsp3) is 0.588. The molecule has 2 atom stereocenters. The first-order valence-electron chi connectivity index (χ1n) is 7.90. The van der Waals surface area contributed by atoms with Gasteiger partial charge in [-0.25, -0.2) is 0 Å². The van der Waals surface area contributed by atoms with Crippen molar-refractivity contribution in [3.63, 3.8) is 0 Å². The van der Waals surface area contributed by atoms with Crippen molar-refractivity contribution >= 4 is 21.8 Å². The lowest BCUT2D eigenvalue weighted by Crippen LogP contribution is -2.34. The van der Waals surface area contributed by atoms with Gasteiger partial charge in [-0.3, -0.25) is 4.79 Å². The summed E-state index contributed by atoms with van der Waals surface area (Å²) >= 11 is 3.50. The molecule has 1 aromatic carbocycles. The molecule has 1 aliphatic heterocycles. The van der Waals surface area contributed by atoms with Crippen molar-refractivity contribution in [3.05, 3.63) is 28.2 Å². The van der Waals surface area contributed by atoms with Gasteiger partial charge in [-0.1, -0.05) is 6.07 Å². The van der Waals surface area contributed by atoms with Crippen molar-refractivity contribution in [2.24, 2.45) is 11.3 Å². The fourth-order valence-electron chi connectivity index (χ4n) is 3.54. The van der Waals surface area contributed by atoms with E-state index in [2.05, 4.69) is 26.6 Å². The van der Waals surface area contributed by atoms with Crippen molar-refractivity contribution in [1.29, 1.82) is 0 Å². The van der Waals surface area contributed by atoms with Gasteiger partial charge in [0.1, 0.15) is 5.75 Å². The van der Waals surface area contributed by atoms with Crippen molar-refractivity contribution in [2.45, 2.75) is 32.2 Å². The molecule has 1 saturated carbocycles. The maximum absolute atomic E-state index is 12.5. The molecule has 1 saturated heterocycles. The normalized spacial score (nSPS) is 23.9. The SMILES string of the molecule is COc1ccc(C(C)NC(=O)C2CC23CCNCC3)cc1Br. The topological polar surface area (TPSA) is 50.4 Å². The lowest BCUT2D eigenvalue weighted by Gasteiger charge is -2.24. The minimum absolute atomic E-state index is 0.00840. The summed E-state index contributed by atoms with van der Waals surface area (Å²) in [7, 11) is 1.65. The average molecular weight is 367 g/mol. The predicted octanol–water partition coefficient (Wildman–Crippen LogP) is 3.02. The van der Waals surface area contributed by atoms with E-state index in [9.17, 15) is 4.79 Å². The van der Waals surface area contributed by atoms with Crippen LogP contribution in [0, 0.1) is 11.3 Å². The second kappa shape index (κ2) is 6.20. The molecule has 0 bridgehead atoms. The van der Waals surface area contributed by atoms with Crippen LogP contribution in [0.2, 0.25) is 0 Å². The summed E-state index contributed by atoms with van der Waals surface area (Å²) in [6, 6.07) is 5.95. The standard InChI is InChI=1S/C17H23BrN2O2/c1-11(12-3-4-15(22-2)14(18)9-12)20-16(21)13-10-17(13)5-7-19-8-6-17/h3-4,9,11,13,19H,5-8,10H2,1-2H3,(H,20,21). The van der Waals surface area contributed by atoms with Crippen LogP contribution >= 0.6 is 15.9 Å². The highest BCUT2D eigenvalue weighted by Gasteiger charge is 2.57. The second-order valence-electron chi connectivity index (χ2n) is 6.49. The molecule has 4 nitrogen and oxygen atoms in total. The van der Waals surface area contributed by atoms with Gasteiger partial charge < -0.3 is 15.4 Å². The van der Waals surface area contributed by atoms with E-state index in [1.54, 1.807) is 7.11 Å². The van der Waals surface area contributed by atoms with Gasteiger partial charge in [0.2, 0.25) is 5.91 Å². The van der Waals surface area contributed by atoms with E-state index in [1.807, 2.05) is 25.1 Å². The third-order valence-corrected chi connectivity index (χ3v) is 5.76. The predicted molar refractivity (Wildman–Crippen MR) is 89.9 cm³/mol. The third-order valence-electron chi connectivity index (χ3n) is 5.14. The Morgan fingerprint density at radius 1 is 1.45 bits per heavy atom. The zero-order valence-electron chi connectivity index (χ0n) is 13.1. The summed E-state index contributed by atoms with van der Waals surface area (Å²) in [6.45, 7) is 4.12. The summed E-state index contributed by atoms with van der Waals surface area (Å²) in [5.74, 6) is 1.22. The van der Waals surface area contributed by atoms with Gasteiger partial charge in [0.15, 0.2) is 0 Å². The number of methoxy groups -OCH3 is 1. The minimum atomic E-state index is 0.00840. The highest BCUT2D eigenvalue weighted by atomic mass is 79.9. The number of rotatable bonds is 4. The highest BCUT2D eigenvalue weighted by Crippen LogP contribution is 2.58. The van der Waals surface area contributed by atoms with Gasteiger partial charge in [0.25, 0.3) is 0 Å². The summed E-state index contributed by atoms with van der Waals surface area (Å²) < 4.78 is 6.16. The number of halogens is 1. The Balaban J connectivity index is 1.61. The second-order valence-corrected chi connectivity index (χ2v) is 7.35. The van der Waals surface area contributed by atoms with E-state index in [0.29, 0.717) is 0 Å². The van der Waals surface area contributed by atoms with Gasteiger partial charge in [0.05, 0.1) is 17.6 Å². The average Bonchev–Trinajstić information content (AvgIpc) is 3.21. The van der Waals surface area contributed by atoms with E-state index in [0.717, 1.165) is 48.1 Å². The van der Waals surface area contributed by atoms with Gasteiger partial charge in [-0.2, -0.15) is 0 Å². The number of hydrogen-bond donors (Lipinski definition) is 2. The fourth-order valence-corrected chi connectivity index (χ4v) is 4.10. The van der Waals surface area contributed by atoms with Crippen LogP contribution in [0.5, 0.6) is 5.75 Å². The Morgan fingerprint density at radius 2 is 2.18 bits per heavy atom. The number of carbonyl (C=O) groups excluding carboxylic acids is 1. The molecule has 2 N–H and O–H groups in total. The van der Waals surface area contributed by atoms with Crippen molar-refractivity contribution in [3.8, 4) is 5.75 Å². The Morgan fingerprint density at radius 3 is 2.82 bits per heavy atom. The summed E-state index contributed by atoms with van der Waals surface area (Å²) in [4.78, 5) is 12.5. The van der Waals surface area contributed by atoms with Crippen LogP contribution in [0.15, 0.2) is 22.7 Å². The van der Waals surface area contributed by atoms with E-state index in [-0.39, 0.29) is 23.3 Å². The maximum Gasteiger partial charge on any atom is 0.224 e. The Hall–Kier alpha value is -1.07. The monoisotopic (exact) mass is 366 g/mol. The largest absolute Gasteiger partial charge is 0.496 e. The van der Waals surface area contributed by atoms with Crippen molar-refractivity contribution < 1.29 is 9.53 Å². The molecular weight excluding hydrogens is 344 g/mol. The summed E-state index contributed by atoms with van der Waals surface area (Å²) in [6.07, 6.45) is 3.32. The quantitative estimate of drug-likeness (QED) is 0.860. The van der Waals surface area contributed by atoms with E-state index in [4.69, 9.17) is 4.74 Å². The van der Waals surface area contributed by atoms with Gasteiger partial charge in [-0.15, -0.1) is 0 Å². The van der Waals surface area contributed by atoms with Crippen molar-refractivity contribution in [1.82, 2.24) is 10.6 Å². The molecule has 22 heavy (non-hydrogen) atoms. The number of benzene rings is 1. The molecule has 0 aromatic heterocycles. The van der Waals surface area contributed by atoms with Crippen LogP contribution < -0.4 is 15.4 Å². The van der Waals surface area contributed by atoms with Crippen LogP contribution in [-0.4, -0.2) is 26.1 Å². The Kier molecular flexibility index (Phi) is 4.46. The van der Waals surface area contributed by atoms with Crippen LogP contribution in [0.25, 0.3) is 0 Å². The molecule has 1 heterocycles. The molecule has 5 heteroatoms. The lowest BCUT2D eigenvalue weighted by atomic mass is 9.91. The third kappa shape index (κ3) is 3.01. The zero-order valence-corrected chi connectivity index (χ0v) is 14.7. The summed E-state index contributed by atoms with van der Waals surface area (Å²) in [5.41, 5.74) is 1.37. The first-order valence-corrected chi connectivity index (χ1v) is 8.69. The molecule has 3 rings (SSSR count). The van der Waals surface area contributed by atoms with Gasteiger partial charge >= 0.3 is 0 Å². The van der Waals surface area contributed by atoms with Gasteiger partial charge in [0, 0.05) is 5.92 Å². The molecule has 1 spiro atoms. The molecule has 1 aromatic rings. The first kappa shape index (κ1) is 15.8. The first-order chi connectivity index (χ1) is 10.6. The van der Waals surface area contributed by atoms with Crippen LogP contribution in [0.1, 0.15) is 37.8 Å². The number of ether oxygens (including phenoxy) is 1. The summed E-state index contributed by atoms with van der Waals surface area (Å²) in [5, 5.41) is 6.55. The molecule has 2 aliphatic rings. The lowest BCUT2D eigenvalue weighted by molar-refractivity contribution is -0.123. The number of hydrogen-bond acceptors (Lipinski definition) is 3. The molecule has 2 unspecified atom stereocenters. The number of piperidine rings is 1. The smallest absolute Gasteiger partial charge is 0.224 e. The molecule has 120 valence electrons. The van der Waals surface area contributed by atoms with Crippen LogP contribution in [0.4, 0.5) is 0 Å². The van der Waals surface area contributed by atoms with Gasteiger partial charge in [-0.05, 0) is 78.3 Å². The molecule has 2 fully saturated rings. The molecule has 1 amide bonds. The number of nitrogens with one attached hydrogen (secondary N) is 2. The Labute approximate surface area is 140 Å².